The van der Waals surface area contributed by atoms with Crippen LogP contribution in [0.25, 0.3) is 5.76 Å². The minimum absolute atomic E-state index is 0.0359. The fourth-order valence-electron chi connectivity index (χ4n) is 4.29. The van der Waals surface area contributed by atoms with E-state index in [4.69, 9.17) is 9.47 Å². The van der Waals surface area contributed by atoms with Gasteiger partial charge in [-0.3, -0.25) is 14.6 Å². The van der Waals surface area contributed by atoms with Crippen molar-refractivity contribution in [1.82, 2.24) is 9.88 Å². The van der Waals surface area contributed by atoms with Gasteiger partial charge in [-0.15, -0.1) is 0 Å². The SMILES string of the molecule is CCCCCOc1ccc(C2C(=C(O)c3cccc(OC)c3)C(=O)C(=O)N2Cc2cccnc2)cc1. The molecule has 1 amide bonds. The predicted octanol–water partition coefficient (Wildman–Crippen LogP) is 5.28. The van der Waals surface area contributed by atoms with E-state index >= 15 is 0 Å². The smallest absolute Gasteiger partial charge is 0.295 e. The van der Waals surface area contributed by atoms with Gasteiger partial charge in [0.2, 0.25) is 0 Å². The number of nitrogens with zero attached hydrogens (tertiary/aromatic N) is 2. The summed E-state index contributed by atoms with van der Waals surface area (Å²) in [5.41, 5.74) is 1.91. The van der Waals surface area contributed by atoms with Gasteiger partial charge >= 0.3 is 0 Å². The number of carbonyl (C=O) groups excluding carboxylic acids is 2. The van der Waals surface area contributed by atoms with Crippen molar-refractivity contribution >= 4 is 17.4 Å². The van der Waals surface area contributed by atoms with Crippen molar-refractivity contribution in [2.24, 2.45) is 0 Å². The lowest BCUT2D eigenvalue weighted by molar-refractivity contribution is -0.140. The first-order chi connectivity index (χ1) is 17.5. The lowest BCUT2D eigenvalue weighted by Gasteiger charge is -2.25. The number of amides is 1. The van der Waals surface area contributed by atoms with Gasteiger partial charge in [0.25, 0.3) is 11.7 Å². The van der Waals surface area contributed by atoms with E-state index in [0.717, 1.165) is 24.8 Å². The van der Waals surface area contributed by atoms with Crippen LogP contribution in [0.3, 0.4) is 0 Å². The van der Waals surface area contributed by atoms with Crippen molar-refractivity contribution in [1.29, 1.82) is 0 Å². The van der Waals surface area contributed by atoms with Crippen LogP contribution < -0.4 is 9.47 Å². The molecule has 4 rings (SSSR count). The Balaban J connectivity index is 1.74. The number of unbranched alkanes of at least 4 members (excludes halogenated alkanes) is 2. The van der Waals surface area contributed by atoms with Crippen molar-refractivity contribution in [2.45, 2.75) is 38.8 Å². The van der Waals surface area contributed by atoms with E-state index in [2.05, 4.69) is 11.9 Å². The Kier molecular flexibility index (Phi) is 8.00. The second kappa shape index (κ2) is 11.5. The quantitative estimate of drug-likeness (QED) is 0.182. The molecule has 0 spiro atoms. The lowest BCUT2D eigenvalue weighted by Crippen LogP contribution is -2.29. The van der Waals surface area contributed by atoms with Gasteiger partial charge in [0.05, 0.1) is 25.3 Å². The Bertz CT molecular complexity index is 1240. The maximum atomic E-state index is 13.2. The van der Waals surface area contributed by atoms with Crippen molar-refractivity contribution in [3.63, 3.8) is 0 Å². The number of aromatic nitrogens is 1. The summed E-state index contributed by atoms with van der Waals surface area (Å²) in [5.74, 6) is -0.403. The van der Waals surface area contributed by atoms with Crippen LogP contribution in [-0.2, 0) is 16.1 Å². The van der Waals surface area contributed by atoms with Crippen LogP contribution in [0.5, 0.6) is 11.5 Å². The number of ether oxygens (including phenoxy) is 2. The van der Waals surface area contributed by atoms with Crippen molar-refractivity contribution in [3.05, 3.63) is 95.3 Å². The highest BCUT2D eigenvalue weighted by molar-refractivity contribution is 6.46. The van der Waals surface area contributed by atoms with E-state index in [1.54, 1.807) is 42.7 Å². The molecule has 1 aromatic heterocycles. The van der Waals surface area contributed by atoms with Crippen molar-refractivity contribution in [3.8, 4) is 11.5 Å². The third kappa shape index (κ3) is 5.40. The number of rotatable bonds is 10. The zero-order valence-corrected chi connectivity index (χ0v) is 20.5. The number of methoxy groups -OCH3 is 1. The number of likely N-dealkylation sites (tertiary alicyclic amines) is 1. The predicted molar refractivity (Wildman–Crippen MR) is 137 cm³/mol. The second-order valence-corrected chi connectivity index (χ2v) is 8.64. The van der Waals surface area contributed by atoms with E-state index in [9.17, 15) is 14.7 Å². The minimum atomic E-state index is -0.773. The molecule has 1 fully saturated rings. The largest absolute Gasteiger partial charge is 0.507 e. The molecule has 0 bridgehead atoms. The van der Waals surface area contributed by atoms with Crippen molar-refractivity contribution < 1.29 is 24.2 Å². The first-order valence-corrected chi connectivity index (χ1v) is 12.1. The Morgan fingerprint density at radius 2 is 1.83 bits per heavy atom. The Morgan fingerprint density at radius 3 is 2.53 bits per heavy atom. The van der Waals surface area contributed by atoms with Gasteiger partial charge in [-0.05, 0) is 47.9 Å². The van der Waals surface area contributed by atoms with E-state index < -0.39 is 17.7 Å². The summed E-state index contributed by atoms with van der Waals surface area (Å²) < 4.78 is 11.1. The van der Waals surface area contributed by atoms with Gasteiger partial charge in [-0.2, -0.15) is 0 Å². The molecule has 0 radical (unpaired) electrons. The summed E-state index contributed by atoms with van der Waals surface area (Å²) in [6, 6.07) is 17.0. The number of aliphatic hydroxyl groups excluding tert-OH is 1. The molecule has 1 aliphatic heterocycles. The van der Waals surface area contributed by atoms with Crippen molar-refractivity contribution in [2.75, 3.05) is 13.7 Å². The Labute approximate surface area is 211 Å². The zero-order valence-electron chi connectivity index (χ0n) is 20.5. The number of hydrogen-bond donors (Lipinski definition) is 1. The average Bonchev–Trinajstić information content (AvgIpc) is 3.16. The Morgan fingerprint density at radius 1 is 1.03 bits per heavy atom. The normalized spacial score (nSPS) is 16.8. The number of ketones is 1. The summed E-state index contributed by atoms with van der Waals surface area (Å²) in [6.45, 7) is 2.94. The highest BCUT2D eigenvalue weighted by Gasteiger charge is 2.46. The van der Waals surface area contributed by atoms with Gasteiger partial charge in [-0.25, -0.2) is 0 Å². The van der Waals surface area contributed by atoms with Gasteiger partial charge in [0.1, 0.15) is 17.3 Å². The number of benzene rings is 2. The van der Waals surface area contributed by atoms with Crippen LogP contribution in [0.1, 0.15) is 48.9 Å². The molecule has 2 heterocycles. The molecule has 1 atom stereocenters. The van der Waals surface area contributed by atoms with Crippen LogP contribution in [0.15, 0.2) is 78.6 Å². The van der Waals surface area contributed by atoms with Crippen LogP contribution in [0.4, 0.5) is 0 Å². The first-order valence-electron chi connectivity index (χ1n) is 12.1. The van der Waals surface area contributed by atoms with E-state index in [0.29, 0.717) is 29.2 Å². The number of aliphatic hydroxyl groups is 1. The fraction of sp³-hybridized carbons (Fsp3) is 0.276. The highest BCUT2D eigenvalue weighted by Crippen LogP contribution is 2.41. The molecule has 1 N–H and O–H groups in total. The van der Waals surface area contributed by atoms with Crippen LogP contribution in [-0.4, -0.2) is 40.4 Å². The second-order valence-electron chi connectivity index (χ2n) is 8.64. The summed E-state index contributed by atoms with van der Waals surface area (Å²) in [6.07, 6.45) is 6.50. The maximum Gasteiger partial charge on any atom is 0.295 e. The molecule has 0 aliphatic carbocycles. The number of Topliss-reactive ketones (excluding diaryl/α,β-unsaturated/α-hetero) is 1. The molecular weight excluding hydrogens is 456 g/mol. The Hall–Kier alpha value is -4.13. The molecule has 1 unspecified atom stereocenters. The highest BCUT2D eigenvalue weighted by atomic mass is 16.5. The third-order valence-corrected chi connectivity index (χ3v) is 6.17. The zero-order chi connectivity index (χ0) is 25.5. The molecule has 3 aromatic rings. The van der Waals surface area contributed by atoms with Gasteiger partial charge in [0, 0.05) is 24.5 Å². The van der Waals surface area contributed by atoms with Crippen LogP contribution in [0, 0.1) is 0 Å². The monoisotopic (exact) mass is 486 g/mol. The topological polar surface area (TPSA) is 89.0 Å². The maximum absolute atomic E-state index is 13.2. The standard InChI is InChI=1S/C29H30N2O5/c1-3-4-5-16-36-23-13-11-21(12-14-23)26-25(27(32)22-9-6-10-24(17-22)35-2)28(33)29(34)31(26)19-20-8-7-15-30-18-20/h6-15,17-18,26,32H,3-5,16,19H2,1-2H3. The van der Waals surface area contributed by atoms with E-state index in [1.807, 2.05) is 30.3 Å². The average molecular weight is 487 g/mol. The summed E-state index contributed by atoms with van der Waals surface area (Å²) in [5, 5.41) is 11.3. The lowest BCUT2D eigenvalue weighted by atomic mass is 9.95. The van der Waals surface area contributed by atoms with E-state index in [-0.39, 0.29) is 17.9 Å². The fourth-order valence-corrected chi connectivity index (χ4v) is 4.29. The van der Waals surface area contributed by atoms with Gasteiger partial charge in [-0.1, -0.05) is 50.1 Å². The van der Waals surface area contributed by atoms with E-state index in [1.165, 1.54) is 12.0 Å². The number of pyridine rings is 1. The molecule has 36 heavy (non-hydrogen) atoms. The van der Waals surface area contributed by atoms with Gasteiger partial charge in [0.15, 0.2) is 0 Å². The molecule has 186 valence electrons. The molecular formula is C29H30N2O5. The molecule has 1 aliphatic rings. The minimum Gasteiger partial charge on any atom is -0.507 e. The van der Waals surface area contributed by atoms with Crippen LogP contribution >= 0.6 is 0 Å². The third-order valence-electron chi connectivity index (χ3n) is 6.17. The molecule has 7 nitrogen and oxygen atoms in total. The van der Waals surface area contributed by atoms with Crippen LogP contribution in [0.2, 0.25) is 0 Å². The molecule has 1 saturated heterocycles. The van der Waals surface area contributed by atoms with Gasteiger partial charge < -0.3 is 19.5 Å². The summed E-state index contributed by atoms with van der Waals surface area (Å²) in [4.78, 5) is 32.0. The molecule has 0 saturated carbocycles. The first kappa shape index (κ1) is 25.0. The summed E-state index contributed by atoms with van der Waals surface area (Å²) >= 11 is 0. The number of carbonyl (C=O) groups is 2. The number of hydrogen-bond acceptors (Lipinski definition) is 6. The summed E-state index contributed by atoms with van der Waals surface area (Å²) in [7, 11) is 1.53. The molecule has 7 heteroatoms. The molecule has 2 aromatic carbocycles.